The van der Waals surface area contributed by atoms with E-state index < -0.39 is 5.97 Å². The third kappa shape index (κ3) is 4.36. The first-order chi connectivity index (χ1) is 10.4. The normalized spacial score (nSPS) is 12.0. The van der Waals surface area contributed by atoms with E-state index in [9.17, 15) is 9.90 Å². The summed E-state index contributed by atoms with van der Waals surface area (Å²) in [6.45, 7) is 3.11. The fourth-order valence-electron chi connectivity index (χ4n) is 1.49. The summed E-state index contributed by atoms with van der Waals surface area (Å²) in [6, 6.07) is 3.01. The molecule has 1 rings (SSSR count). The minimum Gasteiger partial charge on any atom is -0.510 e. The van der Waals surface area contributed by atoms with Gasteiger partial charge in [-0.1, -0.05) is 11.6 Å². The number of carbonyl (C=O) groups is 1. The quantitative estimate of drug-likeness (QED) is 0.371. The molecule has 22 heavy (non-hydrogen) atoms. The minimum atomic E-state index is -0.773. The highest BCUT2D eigenvalue weighted by molar-refractivity contribution is 6.32. The molecule has 120 valence electrons. The van der Waals surface area contributed by atoms with Crippen LogP contribution in [0.3, 0.4) is 0 Å². The van der Waals surface area contributed by atoms with E-state index in [4.69, 9.17) is 25.8 Å². The number of aliphatic hydroxyl groups is 1. The van der Waals surface area contributed by atoms with E-state index in [0.717, 1.165) is 0 Å². The largest absolute Gasteiger partial charge is 0.510 e. The molecule has 0 aliphatic heterocycles. The Morgan fingerprint density at radius 2 is 1.91 bits per heavy atom. The molecule has 0 radical (unpaired) electrons. The molecule has 0 atom stereocenters. The van der Waals surface area contributed by atoms with Gasteiger partial charge < -0.3 is 19.3 Å². The fourth-order valence-corrected chi connectivity index (χ4v) is 1.72. The molecule has 0 amide bonds. The van der Waals surface area contributed by atoms with Gasteiger partial charge in [0.25, 0.3) is 0 Å². The van der Waals surface area contributed by atoms with Gasteiger partial charge in [-0.3, -0.25) is 0 Å². The van der Waals surface area contributed by atoms with Gasteiger partial charge in [-0.25, -0.2) is 4.79 Å². The van der Waals surface area contributed by atoms with Crippen molar-refractivity contribution in [3.8, 4) is 11.5 Å². The first kappa shape index (κ1) is 17.8. The van der Waals surface area contributed by atoms with Crippen LogP contribution < -0.4 is 9.47 Å². The van der Waals surface area contributed by atoms with Crippen molar-refractivity contribution < 1.29 is 24.1 Å². The summed E-state index contributed by atoms with van der Waals surface area (Å²) in [5.41, 5.74) is -0.0211. The second-order valence-electron chi connectivity index (χ2n) is 4.01. The van der Waals surface area contributed by atoms with Crippen molar-refractivity contribution in [3.05, 3.63) is 28.6 Å². The number of ether oxygens (including phenoxy) is 3. The van der Waals surface area contributed by atoms with Crippen LogP contribution in [0.1, 0.15) is 13.8 Å². The van der Waals surface area contributed by atoms with Crippen molar-refractivity contribution in [1.82, 2.24) is 0 Å². The Morgan fingerprint density at radius 3 is 2.41 bits per heavy atom. The fraction of sp³-hybridized carbons (Fsp3) is 0.357. The number of halogens is 1. The Kier molecular flexibility index (Phi) is 6.65. The number of methoxy groups -OCH3 is 2. The third-order valence-electron chi connectivity index (χ3n) is 2.52. The smallest absolute Gasteiger partial charge is 0.362 e. The number of hydrogen-bond donors (Lipinski definition) is 1. The first-order valence-electron chi connectivity index (χ1n) is 6.34. The van der Waals surface area contributed by atoms with Gasteiger partial charge in [0.2, 0.25) is 5.70 Å². The zero-order chi connectivity index (χ0) is 16.7. The van der Waals surface area contributed by atoms with Crippen LogP contribution in [0.5, 0.6) is 11.5 Å². The number of benzene rings is 1. The van der Waals surface area contributed by atoms with Crippen molar-refractivity contribution in [3.63, 3.8) is 0 Å². The SMILES string of the molecule is CCOC(=O)C(N=Nc1cc(Cl)c(OC)cc1OC)=C(C)O. The van der Waals surface area contributed by atoms with Gasteiger partial charge in [-0.15, -0.1) is 10.2 Å². The van der Waals surface area contributed by atoms with Gasteiger partial charge in [-0.2, -0.15) is 0 Å². The number of allylic oxidation sites excluding steroid dienone is 1. The predicted molar refractivity (Wildman–Crippen MR) is 81.0 cm³/mol. The molecule has 0 heterocycles. The number of azo groups is 1. The first-order valence-corrected chi connectivity index (χ1v) is 6.72. The highest BCUT2D eigenvalue weighted by Crippen LogP contribution is 2.38. The Balaban J connectivity index is 3.19. The van der Waals surface area contributed by atoms with Gasteiger partial charge >= 0.3 is 5.97 Å². The third-order valence-corrected chi connectivity index (χ3v) is 2.82. The van der Waals surface area contributed by atoms with Crippen LogP contribution in [0.15, 0.2) is 33.8 Å². The second kappa shape index (κ2) is 8.23. The second-order valence-corrected chi connectivity index (χ2v) is 4.42. The Hall–Kier alpha value is -2.28. The number of nitrogens with zero attached hydrogens (tertiary/aromatic N) is 2. The van der Waals surface area contributed by atoms with Gasteiger partial charge in [0.05, 0.1) is 25.8 Å². The molecule has 0 bridgehead atoms. The van der Waals surface area contributed by atoms with E-state index in [1.165, 1.54) is 33.3 Å². The molecule has 0 unspecified atom stereocenters. The Labute approximate surface area is 133 Å². The van der Waals surface area contributed by atoms with Crippen LogP contribution in [0.4, 0.5) is 5.69 Å². The van der Waals surface area contributed by atoms with Gasteiger partial charge in [-0.05, 0) is 19.9 Å². The van der Waals surface area contributed by atoms with E-state index in [1.807, 2.05) is 0 Å². The molecule has 1 aromatic rings. The molecule has 0 aliphatic rings. The lowest BCUT2D eigenvalue weighted by atomic mass is 10.3. The molecule has 1 N–H and O–H groups in total. The zero-order valence-electron chi connectivity index (χ0n) is 12.7. The molecular formula is C14H17ClN2O5. The maximum Gasteiger partial charge on any atom is 0.362 e. The van der Waals surface area contributed by atoms with E-state index in [-0.39, 0.29) is 23.8 Å². The van der Waals surface area contributed by atoms with Crippen LogP contribution in [-0.2, 0) is 9.53 Å². The minimum absolute atomic E-state index is 0.156. The molecule has 0 saturated heterocycles. The average molecular weight is 329 g/mol. The van der Waals surface area contributed by atoms with Crippen LogP contribution in [0.25, 0.3) is 0 Å². The number of carbonyl (C=O) groups excluding carboxylic acids is 1. The maximum atomic E-state index is 11.7. The van der Waals surface area contributed by atoms with Crippen LogP contribution in [0, 0.1) is 0 Å². The van der Waals surface area contributed by atoms with Crippen molar-refractivity contribution in [2.75, 3.05) is 20.8 Å². The molecule has 0 spiro atoms. The molecule has 0 fully saturated rings. The zero-order valence-corrected chi connectivity index (χ0v) is 13.5. The maximum absolute atomic E-state index is 11.7. The Bertz CT molecular complexity index is 609. The molecule has 8 heteroatoms. The number of rotatable bonds is 6. The summed E-state index contributed by atoms with van der Waals surface area (Å²) in [5.74, 6) is -0.314. The summed E-state index contributed by atoms with van der Waals surface area (Å²) in [7, 11) is 2.92. The van der Waals surface area contributed by atoms with Gasteiger partial charge in [0.15, 0.2) is 0 Å². The van der Waals surface area contributed by atoms with Crippen LogP contribution in [0.2, 0.25) is 5.02 Å². The van der Waals surface area contributed by atoms with Crippen LogP contribution >= 0.6 is 11.6 Å². The van der Waals surface area contributed by atoms with Crippen molar-refractivity contribution >= 4 is 23.3 Å². The highest BCUT2D eigenvalue weighted by Gasteiger charge is 2.15. The lowest BCUT2D eigenvalue weighted by Gasteiger charge is -2.08. The summed E-state index contributed by atoms with van der Waals surface area (Å²) < 4.78 is 15.0. The summed E-state index contributed by atoms with van der Waals surface area (Å²) in [5, 5.41) is 17.4. The lowest BCUT2D eigenvalue weighted by molar-refractivity contribution is -0.138. The molecule has 7 nitrogen and oxygen atoms in total. The molecular weight excluding hydrogens is 312 g/mol. The van der Waals surface area contributed by atoms with E-state index in [1.54, 1.807) is 6.92 Å². The van der Waals surface area contributed by atoms with E-state index in [0.29, 0.717) is 16.5 Å². The average Bonchev–Trinajstić information content (AvgIpc) is 2.47. The number of aliphatic hydroxyl groups excluding tert-OH is 1. The molecule has 1 aromatic carbocycles. The topological polar surface area (TPSA) is 89.7 Å². The lowest BCUT2D eigenvalue weighted by Crippen LogP contribution is -2.07. The molecule has 0 aromatic heterocycles. The summed E-state index contributed by atoms with van der Waals surface area (Å²) >= 11 is 6.01. The summed E-state index contributed by atoms with van der Waals surface area (Å²) in [6.07, 6.45) is 0. The highest BCUT2D eigenvalue weighted by atomic mass is 35.5. The Morgan fingerprint density at radius 1 is 1.27 bits per heavy atom. The van der Waals surface area contributed by atoms with Crippen molar-refractivity contribution in [2.24, 2.45) is 10.2 Å². The molecule has 0 saturated carbocycles. The van der Waals surface area contributed by atoms with E-state index >= 15 is 0 Å². The van der Waals surface area contributed by atoms with E-state index in [2.05, 4.69) is 10.2 Å². The van der Waals surface area contributed by atoms with Gasteiger partial charge in [0, 0.05) is 6.07 Å². The monoisotopic (exact) mass is 328 g/mol. The van der Waals surface area contributed by atoms with Crippen molar-refractivity contribution in [2.45, 2.75) is 13.8 Å². The number of hydrogen-bond acceptors (Lipinski definition) is 7. The number of esters is 1. The van der Waals surface area contributed by atoms with Gasteiger partial charge in [0.1, 0.15) is 22.9 Å². The van der Waals surface area contributed by atoms with Crippen LogP contribution in [-0.4, -0.2) is 31.9 Å². The molecule has 0 aliphatic carbocycles. The standard InChI is InChI=1S/C14H17ClN2O5/c1-5-22-14(19)13(8(2)18)17-16-10-6-9(15)11(20-3)7-12(10)21-4/h6-7,18H,5H2,1-4H3. The summed E-state index contributed by atoms with van der Waals surface area (Å²) in [4.78, 5) is 11.7. The van der Waals surface area contributed by atoms with Crippen molar-refractivity contribution in [1.29, 1.82) is 0 Å². The predicted octanol–water partition coefficient (Wildman–Crippen LogP) is 3.79.